The molecule has 1 aliphatic heterocycles. The summed E-state index contributed by atoms with van der Waals surface area (Å²) in [6.45, 7) is 5.54. The molecule has 1 aromatic carbocycles. The second kappa shape index (κ2) is 7.48. The molecule has 3 heterocycles. The second-order valence-corrected chi connectivity index (χ2v) is 8.92. The van der Waals surface area contributed by atoms with Gasteiger partial charge in [0.1, 0.15) is 5.69 Å². The van der Waals surface area contributed by atoms with E-state index in [0.717, 1.165) is 17.8 Å². The van der Waals surface area contributed by atoms with E-state index in [1.165, 1.54) is 0 Å². The van der Waals surface area contributed by atoms with Crippen molar-refractivity contribution in [2.45, 2.75) is 44.0 Å². The van der Waals surface area contributed by atoms with E-state index in [1.54, 1.807) is 27.3 Å². The number of aromatic nitrogens is 4. The summed E-state index contributed by atoms with van der Waals surface area (Å²) in [6, 6.07) is 8.82. The molecule has 0 unspecified atom stereocenters. The van der Waals surface area contributed by atoms with Gasteiger partial charge in [0.25, 0.3) is 5.89 Å². The van der Waals surface area contributed by atoms with Crippen molar-refractivity contribution in [3.8, 4) is 11.6 Å². The third kappa shape index (κ3) is 3.47. The minimum Gasteiger partial charge on any atom is -0.332 e. The van der Waals surface area contributed by atoms with E-state index in [4.69, 9.17) is 4.52 Å². The topological polar surface area (TPSA) is 94.1 Å². The number of sulfonamides is 1. The minimum absolute atomic E-state index is 0.0833. The van der Waals surface area contributed by atoms with Crippen LogP contribution in [-0.4, -0.2) is 45.7 Å². The Bertz CT molecular complexity index is 1050. The van der Waals surface area contributed by atoms with Crippen molar-refractivity contribution < 1.29 is 12.9 Å². The van der Waals surface area contributed by atoms with Crippen LogP contribution in [0.15, 0.2) is 45.9 Å². The Balaban J connectivity index is 1.45. The van der Waals surface area contributed by atoms with E-state index >= 15 is 0 Å². The maximum absolute atomic E-state index is 12.8. The molecule has 28 heavy (non-hydrogen) atoms. The maximum atomic E-state index is 12.8. The summed E-state index contributed by atoms with van der Waals surface area (Å²) in [5.74, 6) is 1.16. The van der Waals surface area contributed by atoms with Crippen molar-refractivity contribution in [3.05, 3.63) is 47.9 Å². The van der Waals surface area contributed by atoms with Crippen LogP contribution in [-0.2, 0) is 16.6 Å². The van der Waals surface area contributed by atoms with Crippen molar-refractivity contribution in [1.82, 2.24) is 24.2 Å². The fourth-order valence-electron chi connectivity index (χ4n) is 3.48. The number of hydrogen-bond donors (Lipinski definition) is 0. The van der Waals surface area contributed by atoms with E-state index < -0.39 is 10.0 Å². The molecular weight excluding hydrogens is 378 g/mol. The molecule has 0 amide bonds. The standard InChI is InChI=1S/C19H23N5O3S/c1-3-24-17(8-11-20-24)19-21-18(22-27-19)15-9-12-23(13-10-15)28(25,26)16-6-4-14(2)5-7-16/h4-8,11,15H,3,9-10,12-13H2,1-2H3. The summed E-state index contributed by atoms with van der Waals surface area (Å²) in [4.78, 5) is 4.87. The van der Waals surface area contributed by atoms with Gasteiger partial charge in [-0.05, 0) is 44.9 Å². The van der Waals surface area contributed by atoms with Gasteiger partial charge in [0.05, 0.1) is 4.90 Å². The molecule has 2 aromatic heterocycles. The molecule has 0 aliphatic carbocycles. The Morgan fingerprint density at radius 3 is 2.54 bits per heavy atom. The van der Waals surface area contributed by atoms with Crippen molar-refractivity contribution in [3.63, 3.8) is 0 Å². The van der Waals surface area contributed by atoms with Crippen molar-refractivity contribution in [2.24, 2.45) is 0 Å². The normalized spacial score (nSPS) is 16.5. The number of nitrogens with zero attached hydrogens (tertiary/aromatic N) is 5. The minimum atomic E-state index is -3.47. The van der Waals surface area contributed by atoms with Crippen LogP contribution in [0.1, 0.15) is 37.1 Å². The molecule has 1 fully saturated rings. The highest BCUT2D eigenvalue weighted by Crippen LogP contribution is 2.30. The summed E-state index contributed by atoms with van der Waals surface area (Å²) in [5, 5.41) is 8.35. The second-order valence-electron chi connectivity index (χ2n) is 6.98. The Morgan fingerprint density at radius 1 is 1.14 bits per heavy atom. The number of aryl methyl sites for hydroxylation is 2. The molecule has 1 saturated heterocycles. The molecule has 4 rings (SSSR count). The molecule has 0 N–H and O–H groups in total. The Labute approximate surface area is 164 Å². The fourth-order valence-corrected chi connectivity index (χ4v) is 4.95. The van der Waals surface area contributed by atoms with Crippen LogP contribution in [0.25, 0.3) is 11.6 Å². The summed E-state index contributed by atoms with van der Waals surface area (Å²) < 4.78 is 34.4. The summed E-state index contributed by atoms with van der Waals surface area (Å²) in [5.41, 5.74) is 1.83. The fraction of sp³-hybridized carbons (Fsp3) is 0.421. The quantitative estimate of drug-likeness (QED) is 0.652. The molecule has 0 bridgehead atoms. The van der Waals surface area contributed by atoms with Gasteiger partial charge in [-0.3, -0.25) is 4.68 Å². The average molecular weight is 401 g/mol. The SMILES string of the molecule is CCn1nccc1-c1nc(C2CCN(S(=O)(=O)c3ccc(C)cc3)CC2)no1. The van der Waals surface area contributed by atoms with Crippen LogP contribution < -0.4 is 0 Å². The van der Waals surface area contributed by atoms with Gasteiger partial charge < -0.3 is 4.52 Å². The van der Waals surface area contributed by atoms with Crippen molar-refractivity contribution in [2.75, 3.05) is 13.1 Å². The number of piperidine rings is 1. The third-order valence-electron chi connectivity index (χ3n) is 5.15. The van der Waals surface area contributed by atoms with E-state index in [9.17, 15) is 8.42 Å². The van der Waals surface area contributed by atoms with Gasteiger partial charge >= 0.3 is 0 Å². The van der Waals surface area contributed by atoms with Crippen molar-refractivity contribution >= 4 is 10.0 Å². The molecule has 0 radical (unpaired) electrons. The third-order valence-corrected chi connectivity index (χ3v) is 7.07. The highest BCUT2D eigenvalue weighted by atomic mass is 32.2. The highest BCUT2D eigenvalue weighted by molar-refractivity contribution is 7.89. The molecule has 3 aromatic rings. The first-order valence-corrected chi connectivity index (χ1v) is 10.9. The van der Waals surface area contributed by atoms with Crippen LogP contribution in [0, 0.1) is 6.92 Å². The molecule has 148 valence electrons. The summed E-state index contributed by atoms with van der Waals surface area (Å²) in [7, 11) is -3.47. The lowest BCUT2D eigenvalue weighted by molar-refractivity contribution is 0.307. The van der Waals surface area contributed by atoms with E-state index in [-0.39, 0.29) is 5.92 Å². The lowest BCUT2D eigenvalue weighted by Gasteiger charge is -2.29. The van der Waals surface area contributed by atoms with E-state index in [1.807, 2.05) is 32.0 Å². The molecule has 9 heteroatoms. The molecule has 1 aliphatic rings. The smallest absolute Gasteiger partial charge is 0.276 e. The van der Waals surface area contributed by atoms with Crippen LogP contribution in [0.5, 0.6) is 0 Å². The first-order chi connectivity index (χ1) is 13.5. The van der Waals surface area contributed by atoms with Gasteiger partial charge in [0, 0.05) is 31.7 Å². The highest BCUT2D eigenvalue weighted by Gasteiger charge is 2.32. The van der Waals surface area contributed by atoms with Gasteiger partial charge in [0.15, 0.2) is 5.82 Å². The largest absolute Gasteiger partial charge is 0.332 e. The zero-order valence-electron chi connectivity index (χ0n) is 15.9. The van der Waals surface area contributed by atoms with Crippen LogP contribution >= 0.6 is 0 Å². The molecular formula is C19H23N5O3S. The predicted molar refractivity (Wildman–Crippen MR) is 103 cm³/mol. The number of hydrogen-bond acceptors (Lipinski definition) is 6. The molecule has 0 spiro atoms. The molecule has 0 atom stereocenters. The predicted octanol–water partition coefficient (Wildman–Crippen LogP) is 2.83. The summed E-state index contributed by atoms with van der Waals surface area (Å²) >= 11 is 0. The maximum Gasteiger partial charge on any atom is 0.276 e. The van der Waals surface area contributed by atoms with Gasteiger partial charge in [-0.15, -0.1) is 0 Å². The monoisotopic (exact) mass is 401 g/mol. The summed E-state index contributed by atoms with van der Waals surface area (Å²) in [6.07, 6.45) is 3.03. The number of benzene rings is 1. The van der Waals surface area contributed by atoms with Crippen molar-refractivity contribution in [1.29, 1.82) is 0 Å². The lowest BCUT2D eigenvalue weighted by atomic mass is 9.97. The zero-order chi connectivity index (χ0) is 19.7. The van der Waals surface area contributed by atoms with Gasteiger partial charge in [-0.2, -0.15) is 14.4 Å². The van der Waals surface area contributed by atoms with Gasteiger partial charge in [-0.1, -0.05) is 22.9 Å². The molecule has 0 saturated carbocycles. The van der Waals surface area contributed by atoms with E-state index in [0.29, 0.717) is 42.5 Å². The van der Waals surface area contributed by atoms with Gasteiger partial charge in [0.2, 0.25) is 10.0 Å². The average Bonchev–Trinajstić information content (AvgIpc) is 3.37. The van der Waals surface area contributed by atoms with Crippen LogP contribution in [0.3, 0.4) is 0 Å². The first-order valence-electron chi connectivity index (χ1n) is 9.41. The van der Waals surface area contributed by atoms with Gasteiger partial charge in [-0.25, -0.2) is 8.42 Å². The zero-order valence-corrected chi connectivity index (χ0v) is 16.8. The Morgan fingerprint density at radius 2 is 1.86 bits per heavy atom. The lowest BCUT2D eigenvalue weighted by Crippen LogP contribution is -2.38. The molecule has 8 nitrogen and oxygen atoms in total. The Hall–Kier alpha value is -2.52. The van der Waals surface area contributed by atoms with Crippen LogP contribution in [0.4, 0.5) is 0 Å². The number of rotatable bonds is 5. The Kier molecular flexibility index (Phi) is 5.03. The van der Waals surface area contributed by atoms with Crippen LogP contribution in [0.2, 0.25) is 0 Å². The first kappa shape index (κ1) is 18.8. The van der Waals surface area contributed by atoms with E-state index in [2.05, 4.69) is 15.2 Å².